The van der Waals surface area contributed by atoms with Gasteiger partial charge >= 0.3 is 0 Å². The minimum absolute atomic E-state index is 0.0354. The van der Waals surface area contributed by atoms with Crippen LogP contribution in [0.25, 0.3) is 0 Å². The Labute approximate surface area is 121 Å². The van der Waals surface area contributed by atoms with E-state index in [0.717, 1.165) is 45.2 Å². The van der Waals surface area contributed by atoms with Crippen LogP contribution in [0.15, 0.2) is 0 Å². The second-order valence-corrected chi connectivity index (χ2v) is 6.35. The molecule has 20 heavy (non-hydrogen) atoms. The summed E-state index contributed by atoms with van der Waals surface area (Å²) in [5.74, 6) is 0.217. The Morgan fingerprint density at radius 1 is 1.20 bits per heavy atom. The molecule has 4 atom stereocenters. The third-order valence-electron chi connectivity index (χ3n) is 4.78. The van der Waals surface area contributed by atoms with Gasteiger partial charge in [0, 0.05) is 19.1 Å². The van der Waals surface area contributed by atoms with Crippen molar-refractivity contribution in [2.75, 3.05) is 13.1 Å². The van der Waals surface area contributed by atoms with Crippen molar-refractivity contribution >= 4 is 11.8 Å². The van der Waals surface area contributed by atoms with Crippen LogP contribution in [0.1, 0.15) is 46.0 Å². The Hall–Kier alpha value is -1.10. The van der Waals surface area contributed by atoms with E-state index in [1.54, 1.807) is 6.92 Å². The number of carbonyl (C=O) groups excluding carboxylic acids is 2. The summed E-state index contributed by atoms with van der Waals surface area (Å²) in [5.41, 5.74) is 6.14. The van der Waals surface area contributed by atoms with E-state index in [-0.39, 0.29) is 23.8 Å². The normalized spacial score (nSPS) is 31.9. The van der Waals surface area contributed by atoms with Crippen LogP contribution in [0.3, 0.4) is 0 Å². The summed E-state index contributed by atoms with van der Waals surface area (Å²) in [5, 5.41) is 2.87. The van der Waals surface area contributed by atoms with Crippen LogP contribution < -0.4 is 11.1 Å². The first-order valence-electron chi connectivity index (χ1n) is 7.85. The molecule has 2 fully saturated rings. The number of hydrogen-bond donors (Lipinski definition) is 2. The van der Waals surface area contributed by atoms with E-state index in [1.165, 1.54) is 0 Å². The molecule has 1 saturated carbocycles. The highest BCUT2D eigenvalue weighted by atomic mass is 16.2. The Bertz CT molecular complexity index is 366. The lowest BCUT2D eigenvalue weighted by atomic mass is 9.78. The molecule has 0 radical (unpaired) electrons. The number of hydrogen-bond acceptors (Lipinski definition) is 3. The van der Waals surface area contributed by atoms with Gasteiger partial charge in [-0.15, -0.1) is 0 Å². The summed E-state index contributed by atoms with van der Waals surface area (Å²) in [6.07, 6.45) is 5.10. The molecule has 4 unspecified atom stereocenters. The lowest BCUT2D eigenvalue weighted by molar-refractivity contribution is -0.136. The highest BCUT2D eigenvalue weighted by Crippen LogP contribution is 2.28. The van der Waals surface area contributed by atoms with Crippen molar-refractivity contribution in [3.8, 4) is 0 Å². The quantitative estimate of drug-likeness (QED) is 0.806. The molecule has 1 saturated heterocycles. The van der Waals surface area contributed by atoms with Crippen LogP contribution in [-0.2, 0) is 9.59 Å². The number of amides is 2. The van der Waals surface area contributed by atoms with Crippen molar-refractivity contribution in [2.24, 2.45) is 17.6 Å². The predicted octanol–water partition coefficient (Wildman–Crippen LogP) is 0.877. The highest BCUT2D eigenvalue weighted by Gasteiger charge is 2.34. The van der Waals surface area contributed by atoms with Crippen LogP contribution in [-0.4, -0.2) is 41.9 Å². The molecule has 5 nitrogen and oxygen atoms in total. The van der Waals surface area contributed by atoms with Crippen molar-refractivity contribution in [3.63, 3.8) is 0 Å². The maximum Gasteiger partial charge on any atom is 0.244 e. The number of carbonyl (C=O) groups is 2. The highest BCUT2D eigenvalue weighted by molar-refractivity contribution is 5.88. The summed E-state index contributed by atoms with van der Waals surface area (Å²) in [6, 6.07) is -0.525. The lowest BCUT2D eigenvalue weighted by Gasteiger charge is -2.33. The minimum Gasteiger partial charge on any atom is -0.344 e. The maximum atomic E-state index is 12.3. The molecule has 0 aromatic rings. The summed E-state index contributed by atoms with van der Waals surface area (Å²) < 4.78 is 0. The number of nitrogens with zero attached hydrogens (tertiary/aromatic N) is 1. The van der Waals surface area contributed by atoms with E-state index in [2.05, 4.69) is 12.2 Å². The second-order valence-electron chi connectivity index (χ2n) is 6.35. The molecule has 2 aliphatic rings. The van der Waals surface area contributed by atoms with E-state index in [9.17, 15) is 9.59 Å². The van der Waals surface area contributed by atoms with Gasteiger partial charge in [0.2, 0.25) is 11.8 Å². The number of rotatable bonds is 3. The second kappa shape index (κ2) is 6.57. The van der Waals surface area contributed by atoms with Gasteiger partial charge in [-0.2, -0.15) is 0 Å². The van der Waals surface area contributed by atoms with Crippen LogP contribution >= 0.6 is 0 Å². The Morgan fingerprint density at radius 3 is 2.50 bits per heavy atom. The van der Waals surface area contributed by atoms with Gasteiger partial charge in [-0.05, 0) is 38.5 Å². The Balaban J connectivity index is 1.88. The van der Waals surface area contributed by atoms with Gasteiger partial charge in [0.25, 0.3) is 0 Å². The van der Waals surface area contributed by atoms with E-state index < -0.39 is 6.04 Å². The van der Waals surface area contributed by atoms with Crippen molar-refractivity contribution in [1.82, 2.24) is 10.2 Å². The smallest absolute Gasteiger partial charge is 0.244 e. The largest absolute Gasteiger partial charge is 0.344 e. The van der Waals surface area contributed by atoms with Crippen LogP contribution in [0.2, 0.25) is 0 Å². The molecule has 0 aromatic carbocycles. The Morgan fingerprint density at radius 2 is 1.85 bits per heavy atom. The molecule has 3 N–H and O–H groups in total. The maximum absolute atomic E-state index is 12.3. The average Bonchev–Trinajstić information content (AvgIpc) is 2.94. The van der Waals surface area contributed by atoms with Gasteiger partial charge in [0.05, 0.1) is 5.92 Å². The molecule has 5 heteroatoms. The monoisotopic (exact) mass is 281 g/mol. The van der Waals surface area contributed by atoms with Gasteiger partial charge in [-0.25, -0.2) is 0 Å². The third kappa shape index (κ3) is 3.32. The molecule has 1 aliphatic heterocycles. The minimum atomic E-state index is -0.440. The van der Waals surface area contributed by atoms with Gasteiger partial charge < -0.3 is 16.0 Å². The van der Waals surface area contributed by atoms with E-state index in [4.69, 9.17) is 5.73 Å². The lowest BCUT2D eigenvalue weighted by Crippen LogP contribution is -2.52. The SMILES string of the molecule is CC(NC(=O)C1CCCC(C)C1N)C(=O)N1CCCC1. The number of likely N-dealkylation sites (tertiary alicyclic amines) is 1. The van der Waals surface area contributed by atoms with Gasteiger partial charge in [0.15, 0.2) is 0 Å². The average molecular weight is 281 g/mol. The van der Waals surface area contributed by atoms with Gasteiger partial charge in [-0.3, -0.25) is 9.59 Å². The zero-order valence-electron chi connectivity index (χ0n) is 12.6. The number of nitrogens with one attached hydrogen (secondary N) is 1. The first kappa shape index (κ1) is 15.3. The summed E-state index contributed by atoms with van der Waals surface area (Å²) >= 11 is 0. The fraction of sp³-hybridized carbons (Fsp3) is 0.867. The molecule has 0 spiro atoms. The van der Waals surface area contributed by atoms with Crippen molar-refractivity contribution < 1.29 is 9.59 Å². The zero-order chi connectivity index (χ0) is 14.7. The third-order valence-corrected chi connectivity index (χ3v) is 4.78. The van der Waals surface area contributed by atoms with Gasteiger partial charge in [-0.1, -0.05) is 13.3 Å². The standard InChI is InChI=1S/C15H27N3O2/c1-10-6-5-7-12(13(10)16)14(19)17-11(2)15(20)18-8-3-4-9-18/h10-13H,3-9,16H2,1-2H3,(H,17,19). The molecule has 2 amide bonds. The molecular formula is C15H27N3O2. The molecule has 1 aliphatic carbocycles. The summed E-state index contributed by atoms with van der Waals surface area (Å²) in [7, 11) is 0. The van der Waals surface area contributed by atoms with Gasteiger partial charge in [0.1, 0.15) is 6.04 Å². The first-order valence-corrected chi connectivity index (χ1v) is 7.85. The molecule has 2 rings (SSSR count). The molecule has 1 heterocycles. The van der Waals surface area contributed by atoms with E-state index in [0.29, 0.717) is 5.92 Å². The zero-order valence-corrected chi connectivity index (χ0v) is 12.6. The first-order chi connectivity index (χ1) is 9.50. The predicted molar refractivity (Wildman–Crippen MR) is 77.9 cm³/mol. The van der Waals surface area contributed by atoms with Crippen molar-refractivity contribution in [3.05, 3.63) is 0 Å². The molecule has 114 valence electrons. The Kier molecular flexibility index (Phi) is 5.02. The van der Waals surface area contributed by atoms with Crippen molar-refractivity contribution in [2.45, 2.75) is 58.0 Å². The molecule has 0 aromatic heterocycles. The van der Waals surface area contributed by atoms with Crippen LogP contribution in [0, 0.1) is 11.8 Å². The topological polar surface area (TPSA) is 75.4 Å². The van der Waals surface area contributed by atoms with Crippen LogP contribution in [0.5, 0.6) is 0 Å². The fourth-order valence-corrected chi connectivity index (χ4v) is 3.34. The summed E-state index contributed by atoms with van der Waals surface area (Å²) in [6.45, 7) is 5.51. The van der Waals surface area contributed by atoms with Crippen molar-refractivity contribution in [1.29, 1.82) is 0 Å². The van der Waals surface area contributed by atoms with E-state index in [1.807, 2.05) is 4.90 Å². The molecule has 0 bridgehead atoms. The van der Waals surface area contributed by atoms with E-state index >= 15 is 0 Å². The number of nitrogens with two attached hydrogens (primary N) is 1. The summed E-state index contributed by atoms with van der Waals surface area (Å²) in [4.78, 5) is 26.4. The fourth-order valence-electron chi connectivity index (χ4n) is 3.34. The van der Waals surface area contributed by atoms with Crippen LogP contribution in [0.4, 0.5) is 0 Å². The molecular weight excluding hydrogens is 254 g/mol.